The van der Waals surface area contributed by atoms with Gasteiger partial charge in [-0.2, -0.15) is 0 Å². The van der Waals surface area contributed by atoms with E-state index in [0.717, 1.165) is 19.6 Å². The van der Waals surface area contributed by atoms with Crippen LogP contribution in [0.4, 0.5) is 0 Å². The number of benzene rings is 2. The molecule has 0 bridgehead atoms. The maximum atomic E-state index is 6.00. The molecule has 4 rings (SSSR count). The molecule has 112 valence electrons. The second kappa shape index (κ2) is 5.84. The summed E-state index contributed by atoms with van der Waals surface area (Å²) in [7, 11) is 1.99. The minimum Gasteiger partial charge on any atom is -0.372 e. The van der Waals surface area contributed by atoms with E-state index in [9.17, 15) is 0 Å². The second-order valence-electron chi connectivity index (χ2n) is 5.68. The minimum absolute atomic E-state index is 0.175. The Hall–Kier alpha value is -1.68. The zero-order valence-corrected chi connectivity index (χ0v) is 13.5. The molecule has 3 aromatic rings. The van der Waals surface area contributed by atoms with Crippen LogP contribution in [0.3, 0.4) is 0 Å². The van der Waals surface area contributed by atoms with E-state index in [0.29, 0.717) is 0 Å². The van der Waals surface area contributed by atoms with E-state index >= 15 is 0 Å². The molecule has 0 saturated carbocycles. The van der Waals surface area contributed by atoms with Gasteiger partial charge in [0.05, 0.1) is 12.7 Å². The lowest BCUT2D eigenvalue weighted by atomic mass is 9.98. The predicted molar refractivity (Wildman–Crippen MR) is 93.6 cm³/mol. The van der Waals surface area contributed by atoms with E-state index < -0.39 is 0 Å². The highest BCUT2D eigenvalue weighted by atomic mass is 32.1. The van der Waals surface area contributed by atoms with E-state index in [-0.39, 0.29) is 6.10 Å². The lowest BCUT2D eigenvalue weighted by Gasteiger charge is -2.23. The van der Waals surface area contributed by atoms with Gasteiger partial charge in [0.1, 0.15) is 0 Å². The summed E-state index contributed by atoms with van der Waals surface area (Å²) in [6.07, 6.45) is 1.21. The molecule has 1 atom stereocenters. The van der Waals surface area contributed by atoms with Crippen LogP contribution in [0.15, 0.2) is 48.5 Å². The van der Waals surface area contributed by atoms with Crippen LogP contribution in [-0.2, 0) is 11.2 Å². The molecule has 22 heavy (non-hydrogen) atoms. The molecule has 2 heterocycles. The molecule has 0 aliphatic carbocycles. The topological polar surface area (TPSA) is 21.3 Å². The molecule has 1 unspecified atom stereocenters. The molecule has 0 radical (unpaired) electrons. The van der Waals surface area contributed by atoms with Crippen LogP contribution in [0.2, 0.25) is 0 Å². The predicted octanol–water partition coefficient (Wildman–Crippen LogP) is 4.40. The van der Waals surface area contributed by atoms with Gasteiger partial charge < -0.3 is 10.1 Å². The molecule has 0 amide bonds. The molecule has 1 aliphatic rings. The number of hydrogen-bond donors (Lipinski definition) is 1. The van der Waals surface area contributed by atoms with Crippen molar-refractivity contribution in [3.05, 3.63) is 59.0 Å². The second-order valence-corrected chi connectivity index (χ2v) is 6.82. The molecular weight excluding hydrogens is 290 g/mol. The Labute approximate surface area is 134 Å². The van der Waals surface area contributed by atoms with E-state index in [1.54, 1.807) is 0 Å². The van der Waals surface area contributed by atoms with Gasteiger partial charge in [-0.25, -0.2) is 0 Å². The number of ether oxygens (including phenoxy) is 1. The Morgan fingerprint density at radius 1 is 1.14 bits per heavy atom. The van der Waals surface area contributed by atoms with Crippen molar-refractivity contribution in [2.24, 2.45) is 0 Å². The molecule has 3 heteroatoms. The Morgan fingerprint density at radius 3 is 2.82 bits per heavy atom. The fourth-order valence-corrected chi connectivity index (χ4v) is 4.46. The van der Waals surface area contributed by atoms with Crippen molar-refractivity contribution in [1.82, 2.24) is 5.32 Å². The molecule has 1 aromatic heterocycles. The monoisotopic (exact) mass is 309 g/mol. The Morgan fingerprint density at radius 2 is 2.00 bits per heavy atom. The first-order chi connectivity index (χ1) is 10.9. The van der Waals surface area contributed by atoms with Gasteiger partial charge in [-0.1, -0.05) is 36.4 Å². The van der Waals surface area contributed by atoms with Gasteiger partial charge in [0, 0.05) is 28.1 Å². The molecule has 2 aromatic carbocycles. The Kier molecular flexibility index (Phi) is 3.70. The van der Waals surface area contributed by atoms with Gasteiger partial charge in [-0.15, -0.1) is 11.3 Å². The summed E-state index contributed by atoms with van der Waals surface area (Å²) in [5.41, 5.74) is 3.95. The van der Waals surface area contributed by atoms with Crippen LogP contribution >= 0.6 is 11.3 Å². The third-order valence-corrected chi connectivity index (χ3v) is 5.52. The first-order valence-corrected chi connectivity index (χ1v) is 8.55. The average Bonchev–Trinajstić information content (AvgIpc) is 2.94. The maximum absolute atomic E-state index is 6.00. The average molecular weight is 309 g/mol. The van der Waals surface area contributed by atoms with E-state index in [2.05, 4.69) is 53.8 Å². The molecule has 0 fully saturated rings. The number of nitrogens with one attached hydrogen (secondary N) is 1. The summed E-state index contributed by atoms with van der Waals surface area (Å²) in [6, 6.07) is 17.4. The number of likely N-dealkylation sites (N-methyl/N-ethyl adjacent to an activating group) is 1. The van der Waals surface area contributed by atoms with Crippen molar-refractivity contribution < 1.29 is 4.74 Å². The van der Waals surface area contributed by atoms with Crippen molar-refractivity contribution in [1.29, 1.82) is 0 Å². The van der Waals surface area contributed by atoms with E-state index in [4.69, 9.17) is 4.74 Å². The number of thiophene rings is 1. The van der Waals surface area contributed by atoms with Gasteiger partial charge >= 0.3 is 0 Å². The standard InChI is InChI=1S/C19H19NOS/c1-20-12-16-19-15-11-14(13-5-3-2-4-6-13)7-8-17(15)22-18(19)9-10-21-16/h2-8,11,16,20H,9-10,12H2,1H3. The maximum Gasteiger partial charge on any atom is 0.0965 e. The van der Waals surface area contributed by atoms with Gasteiger partial charge in [-0.05, 0) is 35.7 Å². The smallest absolute Gasteiger partial charge is 0.0965 e. The van der Waals surface area contributed by atoms with Gasteiger partial charge in [0.25, 0.3) is 0 Å². The summed E-state index contributed by atoms with van der Waals surface area (Å²) >= 11 is 1.93. The van der Waals surface area contributed by atoms with E-state index in [1.807, 2.05) is 18.4 Å². The zero-order valence-electron chi connectivity index (χ0n) is 12.6. The molecule has 1 N–H and O–H groups in total. The molecule has 2 nitrogen and oxygen atoms in total. The number of fused-ring (bicyclic) bond motifs is 3. The highest BCUT2D eigenvalue weighted by Crippen LogP contribution is 2.41. The molecular formula is C19H19NOS. The highest BCUT2D eigenvalue weighted by molar-refractivity contribution is 7.19. The summed E-state index contributed by atoms with van der Waals surface area (Å²) < 4.78 is 7.37. The van der Waals surface area contributed by atoms with Gasteiger partial charge in [0.15, 0.2) is 0 Å². The normalized spacial score (nSPS) is 17.6. The molecule has 1 aliphatic heterocycles. The van der Waals surface area contributed by atoms with Crippen LogP contribution in [0, 0.1) is 0 Å². The van der Waals surface area contributed by atoms with Gasteiger partial charge in [-0.3, -0.25) is 0 Å². The first-order valence-electron chi connectivity index (χ1n) is 7.74. The van der Waals surface area contributed by atoms with Crippen LogP contribution in [0.25, 0.3) is 21.2 Å². The SMILES string of the molecule is CNCC1OCCc2sc3ccc(-c4ccccc4)cc3c21. The van der Waals surface area contributed by atoms with Crippen LogP contribution in [-0.4, -0.2) is 20.2 Å². The van der Waals surface area contributed by atoms with Crippen molar-refractivity contribution in [2.75, 3.05) is 20.2 Å². The summed E-state index contributed by atoms with van der Waals surface area (Å²) in [4.78, 5) is 1.49. The lowest BCUT2D eigenvalue weighted by molar-refractivity contribution is 0.0462. The minimum atomic E-state index is 0.175. The first kappa shape index (κ1) is 13.9. The largest absolute Gasteiger partial charge is 0.372 e. The van der Waals surface area contributed by atoms with Crippen molar-refractivity contribution in [3.63, 3.8) is 0 Å². The van der Waals surface area contributed by atoms with Crippen LogP contribution < -0.4 is 5.32 Å². The molecule has 0 saturated heterocycles. The van der Waals surface area contributed by atoms with Crippen LogP contribution in [0.1, 0.15) is 16.5 Å². The molecule has 0 spiro atoms. The number of hydrogen-bond acceptors (Lipinski definition) is 3. The van der Waals surface area contributed by atoms with Crippen molar-refractivity contribution >= 4 is 21.4 Å². The van der Waals surface area contributed by atoms with Crippen molar-refractivity contribution in [2.45, 2.75) is 12.5 Å². The van der Waals surface area contributed by atoms with Gasteiger partial charge in [0.2, 0.25) is 0 Å². The summed E-state index contributed by atoms with van der Waals surface area (Å²) in [6.45, 7) is 1.70. The number of rotatable bonds is 3. The van der Waals surface area contributed by atoms with E-state index in [1.165, 1.54) is 31.7 Å². The Bertz CT molecular complexity index is 794. The highest BCUT2D eigenvalue weighted by Gasteiger charge is 2.25. The fraction of sp³-hybridized carbons (Fsp3) is 0.263. The summed E-state index contributed by atoms with van der Waals surface area (Å²) in [5.74, 6) is 0. The fourth-order valence-electron chi connectivity index (χ4n) is 3.24. The quantitative estimate of drug-likeness (QED) is 0.774. The Balaban J connectivity index is 1.87. The third kappa shape index (κ3) is 2.35. The lowest BCUT2D eigenvalue weighted by Crippen LogP contribution is -2.24. The third-order valence-electron chi connectivity index (χ3n) is 4.27. The summed E-state index contributed by atoms with van der Waals surface area (Å²) in [5, 5.41) is 4.62. The zero-order chi connectivity index (χ0) is 14.9. The van der Waals surface area contributed by atoms with Crippen molar-refractivity contribution in [3.8, 4) is 11.1 Å². The van der Waals surface area contributed by atoms with Crippen LogP contribution in [0.5, 0.6) is 0 Å².